The van der Waals surface area contributed by atoms with Crippen molar-refractivity contribution in [3.63, 3.8) is 0 Å². The summed E-state index contributed by atoms with van der Waals surface area (Å²) in [5.74, 6) is 0.0260. The highest BCUT2D eigenvalue weighted by atomic mass is 32.2. The average molecular weight is 311 g/mol. The minimum absolute atomic E-state index is 0.0260. The van der Waals surface area contributed by atoms with E-state index in [1.54, 1.807) is 22.5 Å². The zero-order valence-electron chi connectivity index (χ0n) is 12.8. The summed E-state index contributed by atoms with van der Waals surface area (Å²) < 4.78 is 27.2. The van der Waals surface area contributed by atoms with Gasteiger partial charge in [0.2, 0.25) is 10.0 Å². The first-order valence-corrected chi connectivity index (χ1v) is 9.06. The van der Waals surface area contributed by atoms with Crippen LogP contribution in [0.15, 0.2) is 24.3 Å². The summed E-state index contributed by atoms with van der Waals surface area (Å²) >= 11 is 0. The molecule has 1 aromatic rings. The van der Waals surface area contributed by atoms with E-state index in [0.29, 0.717) is 12.2 Å². The molecule has 1 aliphatic heterocycles. The molecule has 1 unspecified atom stereocenters. The topological polar surface area (TPSA) is 66.6 Å². The lowest BCUT2D eigenvalue weighted by Crippen LogP contribution is -2.43. The summed E-state index contributed by atoms with van der Waals surface area (Å²) in [5, 5.41) is 0. The Labute approximate surface area is 127 Å². The molecule has 2 rings (SSSR count). The lowest BCUT2D eigenvalue weighted by Gasteiger charge is -2.29. The second-order valence-corrected chi connectivity index (χ2v) is 7.71. The fourth-order valence-corrected chi connectivity index (χ4v) is 4.74. The van der Waals surface area contributed by atoms with E-state index in [-0.39, 0.29) is 11.8 Å². The van der Waals surface area contributed by atoms with Crippen molar-refractivity contribution < 1.29 is 8.42 Å². The van der Waals surface area contributed by atoms with Crippen LogP contribution < -0.4 is 5.73 Å². The highest BCUT2D eigenvalue weighted by Crippen LogP contribution is 2.20. The molecule has 1 aromatic carbocycles. The smallest absolute Gasteiger partial charge is 0.218 e. The van der Waals surface area contributed by atoms with Crippen molar-refractivity contribution in [1.29, 1.82) is 0 Å². The van der Waals surface area contributed by atoms with E-state index < -0.39 is 10.0 Å². The quantitative estimate of drug-likeness (QED) is 0.856. The summed E-state index contributed by atoms with van der Waals surface area (Å²) in [6.45, 7) is 4.40. The van der Waals surface area contributed by atoms with Crippen molar-refractivity contribution in [3.8, 4) is 0 Å². The number of anilines is 1. The first-order chi connectivity index (χ1) is 9.92. The number of nitrogens with two attached hydrogens (primary N) is 1. The molecule has 0 aromatic heterocycles. The molecule has 1 fully saturated rings. The minimum atomic E-state index is -3.31. The second-order valence-electron chi connectivity index (χ2n) is 5.79. The van der Waals surface area contributed by atoms with Gasteiger partial charge in [-0.25, -0.2) is 8.42 Å². The zero-order chi connectivity index (χ0) is 15.5. The molecule has 1 atom stereocenters. The maximum Gasteiger partial charge on any atom is 0.218 e. The number of hydrogen-bond donors (Lipinski definition) is 1. The van der Waals surface area contributed by atoms with Gasteiger partial charge in [0, 0.05) is 24.8 Å². The Bertz CT molecular complexity index is 574. The van der Waals surface area contributed by atoms with Crippen molar-refractivity contribution in [2.24, 2.45) is 0 Å². The third-order valence-electron chi connectivity index (χ3n) is 3.98. The monoisotopic (exact) mass is 311 g/mol. The second kappa shape index (κ2) is 6.77. The SMILES string of the molecule is CCC1CN(C)CCCN1S(=O)(=O)Cc1cccc(N)c1. The van der Waals surface area contributed by atoms with Crippen LogP contribution in [0.25, 0.3) is 0 Å². The third kappa shape index (κ3) is 4.18. The van der Waals surface area contributed by atoms with Crippen LogP contribution in [0, 0.1) is 0 Å². The van der Waals surface area contributed by atoms with E-state index in [1.807, 2.05) is 13.0 Å². The molecule has 0 spiro atoms. The standard InChI is InChI=1S/C15H25N3O2S/c1-3-15-11-17(2)8-5-9-18(15)21(19,20)12-13-6-4-7-14(16)10-13/h4,6-7,10,15H,3,5,8-9,11-12,16H2,1-2H3. The van der Waals surface area contributed by atoms with Gasteiger partial charge in [-0.05, 0) is 44.1 Å². The van der Waals surface area contributed by atoms with Gasteiger partial charge in [0.25, 0.3) is 0 Å². The van der Waals surface area contributed by atoms with E-state index >= 15 is 0 Å². The highest BCUT2D eigenvalue weighted by Gasteiger charge is 2.31. The van der Waals surface area contributed by atoms with E-state index in [2.05, 4.69) is 11.9 Å². The number of nitrogens with zero attached hydrogens (tertiary/aromatic N) is 2. The van der Waals surface area contributed by atoms with Gasteiger partial charge in [-0.3, -0.25) is 0 Å². The van der Waals surface area contributed by atoms with Crippen LogP contribution in [-0.2, 0) is 15.8 Å². The summed E-state index contributed by atoms with van der Waals surface area (Å²) in [4.78, 5) is 2.21. The van der Waals surface area contributed by atoms with Crippen LogP contribution in [0.5, 0.6) is 0 Å². The maximum atomic E-state index is 12.8. The number of rotatable bonds is 4. The van der Waals surface area contributed by atoms with E-state index in [1.165, 1.54) is 0 Å². The van der Waals surface area contributed by atoms with E-state index in [9.17, 15) is 8.42 Å². The molecule has 0 bridgehead atoms. The van der Waals surface area contributed by atoms with Crippen LogP contribution in [0.3, 0.4) is 0 Å². The van der Waals surface area contributed by atoms with Gasteiger partial charge in [0.05, 0.1) is 5.75 Å². The fourth-order valence-electron chi connectivity index (χ4n) is 2.90. The van der Waals surface area contributed by atoms with E-state index in [4.69, 9.17) is 5.73 Å². The molecular formula is C15H25N3O2S. The Morgan fingerprint density at radius 1 is 1.33 bits per heavy atom. The first-order valence-electron chi connectivity index (χ1n) is 7.45. The molecular weight excluding hydrogens is 286 g/mol. The van der Waals surface area contributed by atoms with Crippen molar-refractivity contribution in [3.05, 3.63) is 29.8 Å². The van der Waals surface area contributed by atoms with Crippen LogP contribution in [0.1, 0.15) is 25.3 Å². The Balaban J connectivity index is 2.20. The molecule has 2 N–H and O–H groups in total. The largest absolute Gasteiger partial charge is 0.399 e. The van der Waals surface area contributed by atoms with Crippen molar-refractivity contribution in [1.82, 2.24) is 9.21 Å². The number of benzene rings is 1. The summed E-state index contributed by atoms with van der Waals surface area (Å²) in [6.07, 6.45) is 1.71. The van der Waals surface area contributed by atoms with Crippen molar-refractivity contribution in [2.75, 3.05) is 32.4 Å². The predicted molar refractivity (Wildman–Crippen MR) is 86.4 cm³/mol. The molecule has 6 heteroatoms. The van der Waals surface area contributed by atoms with Crippen molar-refractivity contribution >= 4 is 15.7 Å². The van der Waals surface area contributed by atoms with Gasteiger partial charge in [0.15, 0.2) is 0 Å². The third-order valence-corrected chi connectivity index (χ3v) is 5.87. The average Bonchev–Trinajstić information content (AvgIpc) is 2.60. The molecule has 1 heterocycles. The molecule has 118 valence electrons. The van der Waals surface area contributed by atoms with Gasteiger partial charge in [0.1, 0.15) is 0 Å². The number of nitrogen functional groups attached to an aromatic ring is 1. The lowest BCUT2D eigenvalue weighted by molar-refractivity contribution is 0.270. The van der Waals surface area contributed by atoms with E-state index in [0.717, 1.165) is 31.5 Å². The molecule has 1 aliphatic rings. The van der Waals surface area contributed by atoms with Crippen LogP contribution in [0.2, 0.25) is 0 Å². The number of sulfonamides is 1. The van der Waals surface area contributed by atoms with Crippen LogP contribution >= 0.6 is 0 Å². The summed E-state index contributed by atoms with van der Waals surface area (Å²) in [6, 6.07) is 7.18. The lowest BCUT2D eigenvalue weighted by atomic mass is 10.2. The van der Waals surface area contributed by atoms with Gasteiger partial charge in [-0.15, -0.1) is 0 Å². The molecule has 0 aliphatic carbocycles. The van der Waals surface area contributed by atoms with Crippen LogP contribution in [0.4, 0.5) is 5.69 Å². The Morgan fingerprint density at radius 2 is 2.10 bits per heavy atom. The Hall–Kier alpha value is -1.11. The Morgan fingerprint density at radius 3 is 2.76 bits per heavy atom. The molecule has 1 saturated heterocycles. The maximum absolute atomic E-state index is 12.8. The molecule has 5 nitrogen and oxygen atoms in total. The zero-order valence-corrected chi connectivity index (χ0v) is 13.6. The highest BCUT2D eigenvalue weighted by molar-refractivity contribution is 7.88. The molecule has 0 radical (unpaired) electrons. The minimum Gasteiger partial charge on any atom is -0.399 e. The van der Waals surface area contributed by atoms with Crippen LogP contribution in [-0.4, -0.2) is 50.3 Å². The predicted octanol–water partition coefficient (Wildman–Crippen LogP) is 1.51. The number of hydrogen-bond acceptors (Lipinski definition) is 4. The Kier molecular flexibility index (Phi) is 5.24. The van der Waals surface area contributed by atoms with Gasteiger partial charge >= 0.3 is 0 Å². The normalized spacial score (nSPS) is 22.1. The molecule has 0 saturated carbocycles. The molecule has 21 heavy (non-hydrogen) atoms. The van der Waals surface area contributed by atoms with Gasteiger partial charge in [-0.1, -0.05) is 19.1 Å². The van der Waals surface area contributed by atoms with Gasteiger partial charge < -0.3 is 10.6 Å². The summed E-state index contributed by atoms with van der Waals surface area (Å²) in [5.41, 5.74) is 7.09. The number of likely N-dealkylation sites (N-methyl/N-ethyl adjacent to an activating group) is 1. The molecule has 0 amide bonds. The first kappa shape index (κ1) is 16.3. The van der Waals surface area contributed by atoms with Crippen molar-refractivity contribution in [2.45, 2.75) is 31.6 Å². The summed E-state index contributed by atoms with van der Waals surface area (Å²) in [7, 11) is -1.26. The van der Waals surface area contributed by atoms with Gasteiger partial charge in [-0.2, -0.15) is 4.31 Å². The fraction of sp³-hybridized carbons (Fsp3) is 0.600.